The van der Waals surface area contributed by atoms with Crippen molar-refractivity contribution in [3.63, 3.8) is 0 Å². The number of fused-ring (bicyclic) bond motifs is 8. The summed E-state index contributed by atoms with van der Waals surface area (Å²) in [6.07, 6.45) is 5.47. The average molecular weight is 771 g/mol. The Labute approximate surface area is 348 Å². The second-order valence-electron chi connectivity index (χ2n) is 15.7. The van der Waals surface area contributed by atoms with E-state index in [4.69, 9.17) is 9.15 Å². The van der Waals surface area contributed by atoms with E-state index >= 15 is 0 Å². The van der Waals surface area contributed by atoms with E-state index in [0.29, 0.717) is 0 Å². The van der Waals surface area contributed by atoms with E-state index in [2.05, 4.69) is 204 Å². The lowest BCUT2D eigenvalue weighted by Crippen LogP contribution is -2.18. The summed E-state index contributed by atoms with van der Waals surface area (Å²) >= 11 is 0. The van der Waals surface area contributed by atoms with E-state index < -0.39 is 0 Å². The quantitative estimate of drug-likeness (QED) is 0.161. The zero-order valence-electron chi connectivity index (χ0n) is 32.7. The first kappa shape index (κ1) is 34.2. The molecule has 12 rings (SSSR count). The van der Waals surface area contributed by atoms with Crippen LogP contribution in [0.25, 0.3) is 54.6 Å². The fraction of sp³-hybridized carbons (Fsp3) is 0.0357. The molecule has 4 heteroatoms. The molecule has 1 aliphatic carbocycles. The maximum atomic E-state index is 6.43. The van der Waals surface area contributed by atoms with Gasteiger partial charge in [-0.2, -0.15) is 0 Å². The summed E-state index contributed by atoms with van der Waals surface area (Å²) in [5.74, 6) is 2.22. The summed E-state index contributed by atoms with van der Waals surface area (Å²) in [6.45, 7) is 0. The van der Waals surface area contributed by atoms with Gasteiger partial charge in [0.15, 0.2) is 0 Å². The van der Waals surface area contributed by atoms with E-state index in [-0.39, 0.29) is 5.92 Å². The zero-order valence-corrected chi connectivity index (χ0v) is 32.7. The van der Waals surface area contributed by atoms with Crippen LogP contribution in [0, 0.1) is 0 Å². The van der Waals surface area contributed by atoms with Crippen LogP contribution in [-0.2, 0) is 0 Å². The van der Waals surface area contributed by atoms with E-state index in [1.54, 1.807) is 0 Å². The summed E-state index contributed by atoms with van der Waals surface area (Å²) < 4.78 is 12.8. The minimum Gasteiger partial charge on any atom is -0.461 e. The van der Waals surface area contributed by atoms with Gasteiger partial charge in [0.1, 0.15) is 22.7 Å². The highest BCUT2D eigenvalue weighted by Gasteiger charge is 2.32. The second-order valence-corrected chi connectivity index (χ2v) is 15.7. The van der Waals surface area contributed by atoms with Gasteiger partial charge < -0.3 is 19.0 Å². The molecule has 1 unspecified atom stereocenters. The number of hydrogen-bond donors (Lipinski definition) is 0. The summed E-state index contributed by atoms with van der Waals surface area (Å²) in [5.41, 5.74) is 11.8. The topological polar surface area (TPSA) is 28.9 Å². The van der Waals surface area contributed by atoms with Gasteiger partial charge in [-0.3, -0.25) is 0 Å². The lowest BCUT2D eigenvalue weighted by atomic mass is 9.91. The smallest absolute Gasteiger partial charge is 0.137 e. The van der Waals surface area contributed by atoms with Crippen LogP contribution in [0.5, 0.6) is 5.75 Å². The predicted molar refractivity (Wildman–Crippen MR) is 248 cm³/mol. The molecule has 60 heavy (non-hydrogen) atoms. The highest BCUT2D eigenvalue weighted by Crippen LogP contribution is 2.47. The Morgan fingerprint density at radius 3 is 1.67 bits per heavy atom. The molecule has 0 amide bonds. The first-order valence-electron chi connectivity index (χ1n) is 20.6. The standard InChI is InChI=1S/C56H38N2O2/c1-3-11-41-33-45(27-21-37(41)9-1)57(47-29-31-51-49-13-5-7-15-53(49)59-55(51)35-47)43-23-17-39(18-24-43)40-19-25-44(26-20-40)58(46-28-22-38-10-2-4-12-42(38)34-46)48-30-32-52-50-14-6-8-16-54(50)60-56(52)36-48/h1-31,33-36,52H,32H2. The number of anilines is 5. The fourth-order valence-electron chi connectivity index (χ4n) is 9.17. The Morgan fingerprint density at radius 1 is 0.417 bits per heavy atom. The van der Waals surface area contributed by atoms with Gasteiger partial charge >= 0.3 is 0 Å². The number of ether oxygens (including phenoxy) is 1. The van der Waals surface area contributed by atoms with E-state index in [0.717, 1.165) is 85.1 Å². The highest BCUT2D eigenvalue weighted by molar-refractivity contribution is 6.06. The van der Waals surface area contributed by atoms with Crippen molar-refractivity contribution < 1.29 is 9.15 Å². The molecule has 1 aromatic heterocycles. The Bertz CT molecular complexity index is 3340. The lowest BCUT2D eigenvalue weighted by molar-refractivity contribution is 0.424. The van der Waals surface area contributed by atoms with Crippen molar-refractivity contribution in [3.05, 3.63) is 229 Å². The molecule has 10 aromatic rings. The van der Waals surface area contributed by atoms with Crippen LogP contribution in [0.2, 0.25) is 0 Å². The third kappa shape index (κ3) is 5.84. The molecule has 0 fully saturated rings. The van der Waals surface area contributed by atoms with Gasteiger partial charge in [-0.05, 0) is 112 Å². The summed E-state index contributed by atoms with van der Waals surface area (Å²) in [6, 6.07) is 71.5. The summed E-state index contributed by atoms with van der Waals surface area (Å²) in [7, 11) is 0. The third-order valence-corrected chi connectivity index (χ3v) is 12.2. The Kier molecular flexibility index (Phi) is 7.95. The largest absolute Gasteiger partial charge is 0.461 e. The van der Waals surface area contributed by atoms with Crippen LogP contribution in [0.4, 0.5) is 28.4 Å². The van der Waals surface area contributed by atoms with Crippen molar-refractivity contribution in [2.45, 2.75) is 12.3 Å². The number of nitrogens with zero attached hydrogens (tertiary/aromatic N) is 2. The molecule has 1 atom stereocenters. The second kappa shape index (κ2) is 13.9. The molecule has 0 radical (unpaired) electrons. The molecule has 9 aromatic carbocycles. The highest BCUT2D eigenvalue weighted by atomic mass is 16.5. The van der Waals surface area contributed by atoms with Gasteiger partial charge in [0.05, 0.1) is 0 Å². The van der Waals surface area contributed by atoms with Crippen LogP contribution in [0.3, 0.4) is 0 Å². The maximum Gasteiger partial charge on any atom is 0.137 e. The van der Waals surface area contributed by atoms with Crippen molar-refractivity contribution >= 4 is 71.9 Å². The molecule has 0 bridgehead atoms. The van der Waals surface area contributed by atoms with Gasteiger partial charge in [0.25, 0.3) is 0 Å². The van der Waals surface area contributed by atoms with E-state index in [1.165, 1.54) is 27.1 Å². The summed E-state index contributed by atoms with van der Waals surface area (Å²) in [5, 5.41) is 7.08. The molecule has 0 spiro atoms. The van der Waals surface area contributed by atoms with Crippen molar-refractivity contribution in [1.82, 2.24) is 0 Å². The fourth-order valence-corrected chi connectivity index (χ4v) is 9.17. The Morgan fingerprint density at radius 2 is 0.950 bits per heavy atom. The predicted octanol–water partition coefficient (Wildman–Crippen LogP) is 15.5. The average Bonchev–Trinajstić information content (AvgIpc) is 3.87. The SMILES string of the molecule is C1=C2Oc3ccccc3C2CC=C1N(c1ccc(-c2ccc(N(c3ccc4ccccc4c3)c3ccc4c(c3)oc3ccccc34)cc2)cc1)c1ccc2ccccc2c1. The molecule has 284 valence electrons. The number of para-hydroxylation sites is 2. The number of hydrogen-bond acceptors (Lipinski definition) is 4. The van der Waals surface area contributed by atoms with Crippen LogP contribution < -0.4 is 14.5 Å². The molecule has 2 heterocycles. The monoisotopic (exact) mass is 770 g/mol. The summed E-state index contributed by atoms with van der Waals surface area (Å²) in [4.78, 5) is 4.67. The molecule has 0 N–H and O–H groups in total. The lowest BCUT2D eigenvalue weighted by Gasteiger charge is -2.29. The van der Waals surface area contributed by atoms with Crippen LogP contribution in [0.1, 0.15) is 17.9 Å². The third-order valence-electron chi connectivity index (χ3n) is 12.2. The Balaban J connectivity index is 0.899. The van der Waals surface area contributed by atoms with Crippen LogP contribution in [0.15, 0.2) is 228 Å². The molecule has 2 aliphatic rings. The number of allylic oxidation sites excluding steroid dienone is 3. The van der Waals surface area contributed by atoms with Gasteiger partial charge in [0.2, 0.25) is 0 Å². The number of rotatable bonds is 7. The van der Waals surface area contributed by atoms with Crippen molar-refractivity contribution in [1.29, 1.82) is 0 Å². The van der Waals surface area contributed by atoms with Gasteiger partial charge in [0, 0.05) is 68.5 Å². The zero-order chi connectivity index (χ0) is 39.6. The van der Waals surface area contributed by atoms with Crippen molar-refractivity contribution in [2.24, 2.45) is 0 Å². The van der Waals surface area contributed by atoms with Crippen LogP contribution in [-0.4, -0.2) is 0 Å². The molecular weight excluding hydrogens is 733 g/mol. The van der Waals surface area contributed by atoms with Crippen molar-refractivity contribution in [2.75, 3.05) is 9.80 Å². The number of benzene rings is 9. The molecule has 4 nitrogen and oxygen atoms in total. The molecular formula is C56H38N2O2. The Hall–Kier alpha value is -7.82. The first-order chi connectivity index (χ1) is 29.7. The molecule has 1 aliphatic heterocycles. The van der Waals surface area contributed by atoms with Gasteiger partial charge in [-0.25, -0.2) is 0 Å². The van der Waals surface area contributed by atoms with Gasteiger partial charge in [-0.15, -0.1) is 0 Å². The molecule has 0 saturated heterocycles. The minimum atomic E-state index is 0.249. The van der Waals surface area contributed by atoms with Crippen LogP contribution >= 0.6 is 0 Å². The van der Waals surface area contributed by atoms with Gasteiger partial charge in [-0.1, -0.05) is 127 Å². The van der Waals surface area contributed by atoms with E-state index in [1.807, 2.05) is 18.2 Å². The molecule has 0 saturated carbocycles. The number of furan rings is 1. The normalized spacial score (nSPS) is 14.4. The van der Waals surface area contributed by atoms with E-state index in [9.17, 15) is 0 Å². The van der Waals surface area contributed by atoms with Crippen molar-refractivity contribution in [3.8, 4) is 16.9 Å². The minimum absolute atomic E-state index is 0.249. The maximum absolute atomic E-state index is 6.43. The first-order valence-corrected chi connectivity index (χ1v) is 20.6.